The minimum atomic E-state index is -0.362. The third kappa shape index (κ3) is 6.47. The van der Waals surface area contributed by atoms with Gasteiger partial charge in [-0.15, -0.1) is 0 Å². The van der Waals surface area contributed by atoms with Gasteiger partial charge in [0.15, 0.2) is 0 Å². The second-order valence-corrected chi connectivity index (χ2v) is 13.9. The van der Waals surface area contributed by atoms with Gasteiger partial charge >= 0.3 is 0 Å². The van der Waals surface area contributed by atoms with Gasteiger partial charge in [-0.3, -0.25) is 0 Å². The van der Waals surface area contributed by atoms with Crippen molar-refractivity contribution in [3.8, 4) is 28.7 Å². The van der Waals surface area contributed by atoms with Gasteiger partial charge in [0.1, 0.15) is 28.7 Å². The molecule has 250 valence electrons. The van der Waals surface area contributed by atoms with Gasteiger partial charge in [0.2, 0.25) is 0 Å². The molecule has 0 aliphatic heterocycles. The summed E-state index contributed by atoms with van der Waals surface area (Å²) in [6.07, 6.45) is 0. The maximum Gasteiger partial charge on any atom is 0.123 e. The normalized spacial score (nSPS) is 14.0. The quantitative estimate of drug-likeness (QED) is 0.116. The number of rotatable bonds is 8. The van der Waals surface area contributed by atoms with Crippen molar-refractivity contribution in [3.05, 3.63) is 145 Å². The van der Waals surface area contributed by atoms with E-state index in [4.69, 9.17) is 0 Å². The zero-order chi connectivity index (χ0) is 35.2. The predicted molar refractivity (Wildman–Crippen MR) is 194 cm³/mol. The third-order valence-corrected chi connectivity index (χ3v) is 10.0. The third-order valence-electron chi connectivity index (χ3n) is 10.0. The largest absolute Gasteiger partial charge is 0.508 e. The van der Waals surface area contributed by atoms with Crippen LogP contribution in [0.15, 0.2) is 72.8 Å². The smallest absolute Gasteiger partial charge is 0.123 e. The van der Waals surface area contributed by atoms with Crippen molar-refractivity contribution in [1.29, 1.82) is 0 Å². The summed E-state index contributed by atoms with van der Waals surface area (Å²) in [5, 5.41) is 56.6. The molecule has 0 saturated carbocycles. The van der Waals surface area contributed by atoms with Gasteiger partial charge in [-0.25, -0.2) is 0 Å². The summed E-state index contributed by atoms with van der Waals surface area (Å²) in [6.45, 7) is 17.8. The monoisotopic (exact) mass is 644 g/mol. The molecule has 0 aliphatic carbocycles. The Morgan fingerprint density at radius 2 is 0.521 bits per heavy atom. The van der Waals surface area contributed by atoms with Crippen LogP contribution < -0.4 is 0 Å². The first kappa shape index (κ1) is 34.4. The van der Waals surface area contributed by atoms with Crippen molar-refractivity contribution in [2.75, 3.05) is 0 Å². The molecule has 5 aromatic rings. The highest BCUT2D eigenvalue weighted by Crippen LogP contribution is 2.47. The molecule has 5 nitrogen and oxygen atoms in total. The molecule has 0 saturated heterocycles. The second kappa shape index (κ2) is 13.3. The summed E-state index contributed by atoms with van der Waals surface area (Å²) in [7, 11) is 0. The molecule has 0 aliphatic rings. The molecule has 0 radical (unpaired) electrons. The molecule has 5 heteroatoms. The van der Waals surface area contributed by atoms with Gasteiger partial charge in [-0.05, 0) is 46.8 Å². The van der Waals surface area contributed by atoms with Crippen LogP contribution in [0.3, 0.4) is 0 Å². The highest BCUT2D eigenvalue weighted by molar-refractivity contribution is 5.59. The summed E-state index contributed by atoms with van der Waals surface area (Å²) in [6, 6.07) is 22.7. The highest BCUT2D eigenvalue weighted by atomic mass is 16.3. The van der Waals surface area contributed by atoms with Crippen LogP contribution in [-0.4, -0.2) is 25.5 Å². The van der Waals surface area contributed by atoms with Crippen LogP contribution in [0, 0.1) is 34.6 Å². The van der Waals surface area contributed by atoms with E-state index in [9.17, 15) is 25.5 Å². The van der Waals surface area contributed by atoms with Gasteiger partial charge in [-0.2, -0.15) is 0 Å². The van der Waals surface area contributed by atoms with Crippen LogP contribution in [0.5, 0.6) is 28.7 Å². The van der Waals surface area contributed by atoms with E-state index in [0.717, 1.165) is 38.9 Å². The van der Waals surface area contributed by atoms with E-state index < -0.39 is 0 Å². The highest BCUT2D eigenvalue weighted by Gasteiger charge is 2.28. The Morgan fingerprint density at radius 1 is 0.312 bits per heavy atom. The van der Waals surface area contributed by atoms with Crippen LogP contribution in [0.25, 0.3) is 0 Å². The molecule has 0 amide bonds. The number of hydrogen-bond acceptors (Lipinski definition) is 5. The van der Waals surface area contributed by atoms with E-state index in [2.05, 4.69) is 0 Å². The number of phenolic OH excluding ortho intramolecular Hbond substituents is 5. The van der Waals surface area contributed by atoms with Crippen molar-refractivity contribution in [1.82, 2.24) is 0 Å². The SMILES string of the molecule is Cc1ccc(O)c(C(C)c2cc(C)cc(C(C)c3cc(C)cc(C(C)c4cc(C)cc(C(C)c5cc(C)ccc5O)c4O)c3O)c2O)c1. The fourth-order valence-electron chi connectivity index (χ4n) is 7.20. The Morgan fingerprint density at radius 3 is 0.771 bits per heavy atom. The first-order chi connectivity index (χ1) is 22.6. The first-order valence-electron chi connectivity index (χ1n) is 16.7. The zero-order valence-electron chi connectivity index (χ0n) is 29.5. The van der Waals surface area contributed by atoms with E-state index in [1.807, 2.05) is 123 Å². The number of aromatic hydroxyl groups is 5. The number of aryl methyl sites for hydroxylation is 5. The van der Waals surface area contributed by atoms with Crippen molar-refractivity contribution < 1.29 is 25.5 Å². The van der Waals surface area contributed by atoms with Crippen molar-refractivity contribution in [2.45, 2.75) is 86.0 Å². The molecule has 0 heterocycles. The standard InChI is InChI=1S/C43H48O5/c1-22-10-12-39(44)31(14-22)27(6)33-16-24(3)18-35(41(33)46)29(8)37-20-26(5)21-38(43(37)48)30(9)36-19-25(4)17-34(42(36)47)28(7)32-15-23(2)11-13-40(32)45/h10-21,27-30,44-48H,1-9H3. The Balaban J connectivity index is 1.57. The van der Waals surface area contributed by atoms with Gasteiger partial charge in [-0.1, -0.05) is 116 Å². The Labute approximate surface area is 284 Å². The molecule has 0 bridgehead atoms. The Kier molecular flexibility index (Phi) is 9.55. The minimum Gasteiger partial charge on any atom is -0.508 e. The lowest BCUT2D eigenvalue weighted by molar-refractivity contribution is 0.442. The van der Waals surface area contributed by atoms with Crippen LogP contribution in [-0.2, 0) is 0 Å². The van der Waals surface area contributed by atoms with E-state index in [1.54, 1.807) is 12.1 Å². The number of benzene rings is 5. The van der Waals surface area contributed by atoms with Gasteiger partial charge in [0.25, 0.3) is 0 Å². The molecular formula is C43H48O5. The topological polar surface area (TPSA) is 101 Å². The first-order valence-corrected chi connectivity index (χ1v) is 16.7. The van der Waals surface area contributed by atoms with Gasteiger partial charge < -0.3 is 25.5 Å². The van der Waals surface area contributed by atoms with Crippen LogP contribution in [0.4, 0.5) is 0 Å². The molecule has 48 heavy (non-hydrogen) atoms. The Hall–Kier alpha value is -4.90. The minimum absolute atomic E-state index is 0.124. The fourth-order valence-corrected chi connectivity index (χ4v) is 7.20. The second-order valence-electron chi connectivity index (χ2n) is 13.9. The number of hydrogen-bond donors (Lipinski definition) is 5. The van der Waals surface area contributed by atoms with E-state index in [-0.39, 0.29) is 52.4 Å². The Bertz CT molecular complexity index is 1870. The average molecular weight is 645 g/mol. The molecule has 4 atom stereocenters. The molecule has 0 spiro atoms. The molecular weight excluding hydrogens is 596 g/mol. The summed E-state index contributed by atoms with van der Waals surface area (Å²) in [5.74, 6) is -0.466. The molecule has 0 aromatic heterocycles. The van der Waals surface area contributed by atoms with Gasteiger partial charge in [0.05, 0.1) is 0 Å². The summed E-state index contributed by atoms with van der Waals surface area (Å²) in [5.41, 5.74) is 10.6. The lowest BCUT2D eigenvalue weighted by Crippen LogP contribution is -2.07. The van der Waals surface area contributed by atoms with Crippen LogP contribution >= 0.6 is 0 Å². The van der Waals surface area contributed by atoms with Crippen molar-refractivity contribution in [3.63, 3.8) is 0 Å². The van der Waals surface area contributed by atoms with E-state index >= 15 is 0 Å². The molecule has 5 N–H and O–H groups in total. The maximum absolute atomic E-state index is 11.9. The lowest BCUT2D eigenvalue weighted by Gasteiger charge is -2.25. The molecule has 5 rings (SSSR count). The summed E-state index contributed by atoms with van der Waals surface area (Å²) in [4.78, 5) is 0. The molecule has 5 aromatic carbocycles. The van der Waals surface area contributed by atoms with Crippen molar-refractivity contribution in [2.24, 2.45) is 0 Å². The summed E-state index contributed by atoms with van der Waals surface area (Å²) >= 11 is 0. The zero-order valence-corrected chi connectivity index (χ0v) is 29.5. The fraction of sp³-hybridized carbons (Fsp3) is 0.302. The summed E-state index contributed by atoms with van der Waals surface area (Å²) < 4.78 is 0. The predicted octanol–water partition coefficient (Wildman–Crippen LogP) is 10.4. The van der Waals surface area contributed by atoms with E-state index in [1.165, 1.54) is 0 Å². The maximum atomic E-state index is 11.9. The lowest BCUT2D eigenvalue weighted by atomic mass is 9.81. The number of phenols is 5. The molecule has 0 fully saturated rings. The van der Waals surface area contributed by atoms with E-state index in [0.29, 0.717) is 33.4 Å². The van der Waals surface area contributed by atoms with Crippen molar-refractivity contribution >= 4 is 0 Å². The average Bonchev–Trinajstić information content (AvgIpc) is 3.04. The molecule has 4 unspecified atom stereocenters. The van der Waals surface area contributed by atoms with Crippen LogP contribution in [0.2, 0.25) is 0 Å². The van der Waals surface area contributed by atoms with Crippen LogP contribution in [0.1, 0.15) is 124 Å². The van der Waals surface area contributed by atoms with Gasteiger partial charge in [0, 0.05) is 68.2 Å².